The van der Waals surface area contributed by atoms with Gasteiger partial charge in [-0.2, -0.15) is 0 Å². The number of carbonyl (C=O) groups is 4. The Morgan fingerprint density at radius 1 is 1.46 bits per heavy atom. The predicted octanol–water partition coefficient (Wildman–Crippen LogP) is 1.29. The van der Waals surface area contributed by atoms with Crippen molar-refractivity contribution in [2.24, 2.45) is 0 Å². The number of benzene rings is 1. The highest BCUT2D eigenvalue weighted by atomic mass is 35.5. The summed E-state index contributed by atoms with van der Waals surface area (Å²) in [5.41, 5.74) is 0.386. The lowest BCUT2D eigenvalue weighted by molar-refractivity contribution is -0.140. The minimum Gasteiger partial charge on any atom is -0.480 e. The summed E-state index contributed by atoms with van der Waals surface area (Å²) >= 11 is 6.92. The number of carbonyl (C=O) groups excluding carboxylic acids is 3. The smallest absolute Gasteiger partial charge is 0.327 e. The standard InChI is InChI=1S/C15H15ClN2O5S/c1-8(19)17-11(15(22)23)7-24-12-6-13(20)18(14(12)21)10-4-2-3-9(16)5-10/h2-5,11-12H,6-7H2,1H3,(H,17,19)(H,22,23)/t11-,12+/m1/s1. The van der Waals surface area contributed by atoms with Gasteiger partial charge in [0.05, 0.1) is 10.9 Å². The number of rotatable bonds is 6. The molecule has 1 heterocycles. The third-order valence-corrected chi connectivity index (χ3v) is 4.84. The number of amides is 3. The summed E-state index contributed by atoms with van der Waals surface area (Å²) in [5.74, 6) is -2.47. The van der Waals surface area contributed by atoms with Gasteiger partial charge < -0.3 is 10.4 Å². The van der Waals surface area contributed by atoms with Crippen LogP contribution < -0.4 is 10.2 Å². The molecule has 2 N–H and O–H groups in total. The van der Waals surface area contributed by atoms with Gasteiger partial charge in [0.1, 0.15) is 6.04 Å². The van der Waals surface area contributed by atoms with Gasteiger partial charge in [0, 0.05) is 24.1 Å². The van der Waals surface area contributed by atoms with E-state index in [1.807, 2.05) is 0 Å². The molecule has 1 fully saturated rings. The molecule has 7 nitrogen and oxygen atoms in total. The van der Waals surface area contributed by atoms with Crippen molar-refractivity contribution in [3.8, 4) is 0 Å². The van der Waals surface area contributed by atoms with Crippen LogP contribution in [-0.4, -0.2) is 45.8 Å². The van der Waals surface area contributed by atoms with Crippen molar-refractivity contribution in [2.45, 2.75) is 24.6 Å². The maximum Gasteiger partial charge on any atom is 0.327 e. The van der Waals surface area contributed by atoms with Gasteiger partial charge in [0.25, 0.3) is 0 Å². The molecule has 1 saturated heterocycles. The number of anilines is 1. The van der Waals surface area contributed by atoms with Crippen LogP contribution in [-0.2, 0) is 19.2 Å². The SMILES string of the molecule is CC(=O)N[C@H](CS[C@H]1CC(=O)N(c2cccc(Cl)c2)C1=O)C(=O)O. The second-order valence-corrected chi connectivity index (χ2v) is 6.84. The van der Waals surface area contributed by atoms with Gasteiger partial charge in [-0.3, -0.25) is 14.4 Å². The van der Waals surface area contributed by atoms with Gasteiger partial charge in [-0.1, -0.05) is 17.7 Å². The number of imide groups is 1. The summed E-state index contributed by atoms with van der Waals surface area (Å²) in [5, 5.41) is 11.1. The molecule has 0 spiro atoms. The van der Waals surface area contributed by atoms with Crippen molar-refractivity contribution < 1.29 is 24.3 Å². The number of carboxylic acid groups (broad SMARTS) is 1. The van der Waals surface area contributed by atoms with Crippen LogP contribution in [0.3, 0.4) is 0 Å². The fraction of sp³-hybridized carbons (Fsp3) is 0.333. The Kier molecular flexibility index (Phi) is 5.84. The van der Waals surface area contributed by atoms with Gasteiger partial charge in [-0.25, -0.2) is 9.69 Å². The van der Waals surface area contributed by atoms with E-state index in [-0.39, 0.29) is 18.1 Å². The lowest BCUT2D eigenvalue weighted by atomic mass is 10.3. The number of aliphatic carboxylic acids is 1. The van der Waals surface area contributed by atoms with Crippen molar-refractivity contribution in [3.63, 3.8) is 0 Å². The lowest BCUT2D eigenvalue weighted by Crippen LogP contribution is -2.42. The summed E-state index contributed by atoms with van der Waals surface area (Å²) in [4.78, 5) is 47.7. The number of thioether (sulfide) groups is 1. The number of nitrogens with zero attached hydrogens (tertiary/aromatic N) is 1. The maximum atomic E-state index is 12.4. The van der Waals surface area contributed by atoms with Crippen LogP contribution in [0.15, 0.2) is 24.3 Å². The summed E-state index contributed by atoms with van der Waals surface area (Å²) in [6.45, 7) is 1.21. The van der Waals surface area contributed by atoms with E-state index in [0.717, 1.165) is 16.7 Å². The van der Waals surface area contributed by atoms with Gasteiger partial charge in [0.2, 0.25) is 17.7 Å². The van der Waals surface area contributed by atoms with Crippen molar-refractivity contribution in [3.05, 3.63) is 29.3 Å². The van der Waals surface area contributed by atoms with Crippen LogP contribution in [0.1, 0.15) is 13.3 Å². The van der Waals surface area contributed by atoms with Crippen LogP contribution in [0, 0.1) is 0 Å². The van der Waals surface area contributed by atoms with Gasteiger partial charge in [0.15, 0.2) is 0 Å². The van der Waals surface area contributed by atoms with Gasteiger partial charge >= 0.3 is 5.97 Å². The minimum atomic E-state index is -1.19. The number of halogens is 1. The highest BCUT2D eigenvalue weighted by molar-refractivity contribution is 8.00. The predicted molar refractivity (Wildman–Crippen MR) is 90.0 cm³/mol. The Balaban J connectivity index is 2.06. The Morgan fingerprint density at radius 3 is 2.75 bits per heavy atom. The fourth-order valence-electron chi connectivity index (χ4n) is 2.25. The van der Waals surface area contributed by atoms with E-state index < -0.39 is 29.1 Å². The Morgan fingerprint density at radius 2 is 2.17 bits per heavy atom. The average Bonchev–Trinajstić information content (AvgIpc) is 2.77. The first kappa shape index (κ1) is 18.3. The molecular formula is C15H15ClN2O5S. The van der Waals surface area contributed by atoms with E-state index in [2.05, 4.69) is 5.32 Å². The summed E-state index contributed by atoms with van der Waals surface area (Å²) < 4.78 is 0. The third kappa shape index (κ3) is 4.27. The molecule has 0 unspecified atom stereocenters. The Hall–Kier alpha value is -2.06. The maximum absolute atomic E-state index is 12.4. The van der Waals surface area contributed by atoms with Crippen molar-refractivity contribution in [2.75, 3.05) is 10.7 Å². The van der Waals surface area contributed by atoms with Crippen molar-refractivity contribution in [1.29, 1.82) is 0 Å². The number of hydrogen-bond acceptors (Lipinski definition) is 5. The molecule has 24 heavy (non-hydrogen) atoms. The van der Waals surface area contributed by atoms with E-state index in [0.29, 0.717) is 10.7 Å². The van der Waals surface area contributed by atoms with Crippen LogP contribution in [0.25, 0.3) is 0 Å². The van der Waals surface area contributed by atoms with Crippen molar-refractivity contribution >= 4 is 52.7 Å². The number of carboxylic acids is 1. The minimum absolute atomic E-state index is 0.0119. The first-order valence-electron chi connectivity index (χ1n) is 7.03. The van der Waals surface area contributed by atoms with Crippen LogP contribution >= 0.6 is 23.4 Å². The van der Waals surface area contributed by atoms with Crippen LogP contribution in [0.2, 0.25) is 5.02 Å². The van der Waals surface area contributed by atoms with E-state index in [9.17, 15) is 19.2 Å². The third-order valence-electron chi connectivity index (χ3n) is 3.31. The highest BCUT2D eigenvalue weighted by Gasteiger charge is 2.40. The molecule has 2 atom stereocenters. The second-order valence-electron chi connectivity index (χ2n) is 5.16. The van der Waals surface area contributed by atoms with Gasteiger partial charge in [-0.15, -0.1) is 11.8 Å². The first-order chi connectivity index (χ1) is 11.3. The second kappa shape index (κ2) is 7.67. The zero-order chi connectivity index (χ0) is 17.9. The average molecular weight is 371 g/mol. The summed E-state index contributed by atoms with van der Waals surface area (Å²) in [7, 11) is 0. The van der Waals surface area contributed by atoms with E-state index in [1.54, 1.807) is 18.2 Å². The molecule has 0 bridgehead atoms. The summed E-state index contributed by atoms with van der Waals surface area (Å²) in [6, 6.07) is 5.27. The summed E-state index contributed by atoms with van der Waals surface area (Å²) in [6.07, 6.45) is -0.0254. The fourth-order valence-corrected chi connectivity index (χ4v) is 3.60. The van der Waals surface area contributed by atoms with E-state index in [1.165, 1.54) is 13.0 Å². The molecular weight excluding hydrogens is 356 g/mol. The molecule has 0 radical (unpaired) electrons. The molecule has 1 aromatic carbocycles. The first-order valence-corrected chi connectivity index (χ1v) is 8.46. The Bertz CT molecular complexity index is 696. The van der Waals surface area contributed by atoms with Crippen LogP contribution in [0.4, 0.5) is 5.69 Å². The molecule has 128 valence electrons. The highest BCUT2D eigenvalue weighted by Crippen LogP contribution is 2.31. The quantitative estimate of drug-likeness (QED) is 0.731. The number of hydrogen-bond donors (Lipinski definition) is 2. The zero-order valence-corrected chi connectivity index (χ0v) is 14.3. The molecule has 2 rings (SSSR count). The zero-order valence-electron chi connectivity index (χ0n) is 12.7. The van der Waals surface area contributed by atoms with E-state index in [4.69, 9.17) is 16.7 Å². The van der Waals surface area contributed by atoms with Crippen LogP contribution in [0.5, 0.6) is 0 Å². The molecule has 0 aromatic heterocycles. The molecule has 1 aromatic rings. The molecule has 0 saturated carbocycles. The van der Waals surface area contributed by atoms with Crippen molar-refractivity contribution in [1.82, 2.24) is 5.32 Å². The Labute approximate surface area is 147 Å². The molecule has 0 aliphatic carbocycles. The monoisotopic (exact) mass is 370 g/mol. The number of nitrogens with one attached hydrogen (secondary N) is 1. The molecule has 1 aliphatic rings. The molecule has 9 heteroatoms. The largest absolute Gasteiger partial charge is 0.480 e. The molecule has 3 amide bonds. The van der Waals surface area contributed by atoms with E-state index >= 15 is 0 Å². The topological polar surface area (TPSA) is 104 Å². The lowest BCUT2D eigenvalue weighted by Gasteiger charge is -2.16. The molecule has 1 aliphatic heterocycles. The normalized spacial score (nSPS) is 18.6. The van der Waals surface area contributed by atoms with Gasteiger partial charge in [-0.05, 0) is 18.2 Å².